The molecular formula is C23H20FNO3. The molecular weight excluding hydrogens is 357 g/mol. The Kier molecular flexibility index (Phi) is 6.17. The van der Waals surface area contributed by atoms with E-state index in [0.717, 1.165) is 11.1 Å². The van der Waals surface area contributed by atoms with E-state index in [4.69, 9.17) is 0 Å². The predicted octanol–water partition coefficient (Wildman–Crippen LogP) is 3.77. The van der Waals surface area contributed by atoms with Gasteiger partial charge in [0, 0.05) is 6.42 Å². The third-order valence-corrected chi connectivity index (χ3v) is 4.52. The Labute approximate surface area is 162 Å². The fourth-order valence-corrected chi connectivity index (χ4v) is 3.13. The minimum atomic E-state index is -1.24. The smallest absolute Gasteiger partial charge is 0.326 e. The summed E-state index contributed by atoms with van der Waals surface area (Å²) in [6.07, 6.45) is -0.135. The zero-order valence-corrected chi connectivity index (χ0v) is 15.1. The highest BCUT2D eigenvalue weighted by atomic mass is 19.1. The van der Waals surface area contributed by atoms with Gasteiger partial charge in [-0.15, -0.1) is 0 Å². The highest BCUT2D eigenvalue weighted by Crippen LogP contribution is 2.25. The van der Waals surface area contributed by atoms with Gasteiger partial charge in [0.05, 0.1) is 5.92 Å². The van der Waals surface area contributed by atoms with Crippen molar-refractivity contribution in [1.82, 2.24) is 5.32 Å². The molecule has 0 unspecified atom stereocenters. The lowest BCUT2D eigenvalue weighted by molar-refractivity contribution is -0.141. The summed E-state index contributed by atoms with van der Waals surface area (Å²) in [6.45, 7) is 0. The van der Waals surface area contributed by atoms with Gasteiger partial charge in [-0.1, -0.05) is 78.9 Å². The Morgan fingerprint density at radius 1 is 0.821 bits per heavy atom. The second-order valence-corrected chi connectivity index (χ2v) is 6.45. The van der Waals surface area contributed by atoms with Gasteiger partial charge < -0.3 is 10.4 Å². The minimum Gasteiger partial charge on any atom is -0.480 e. The first-order valence-electron chi connectivity index (χ1n) is 8.92. The van der Waals surface area contributed by atoms with Crippen molar-refractivity contribution in [2.75, 3.05) is 0 Å². The summed E-state index contributed by atoms with van der Waals surface area (Å²) in [7, 11) is 0. The van der Waals surface area contributed by atoms with E-state index in [-0.39, 0.29) is 12.0 Å². The van der Waals surface area contributed by atoms with Crippen molar-refractivity contribution in [3.63, 3.8) is 0 Å². The van der Waals surface area contributed by atoms with Gasteiger partial charge >= 0.3 is 5.97 Å². The number of carbonyl (C=O) groups is 2. The molecule has 0 spiro atoms. The second-order valence-electron chi connectivity index (χ2n) is 6.45. The van der Waals surface area contributed by atoms with E-state index in [9.17, 15) is 19.1 Å². The molecule has 0 bridgehead atoms. The number of benzene rings is 3. The molecule has 0 radical (unpaired) electrons. The maximum Gasteiger partial charge on any atom is 0.326 e. The van der Waals surface area contributed by atoms with Gasteiger partial charge in [0.1, 0.15) is 11.9 Å². The van der Waals surface area contributed by atoms with E-state index in [1.807, 2.05) is 60.7 Å². The summed E-state index contributed by atoms with van der Waals surface area (Å²) in [5.41, 5.74) is 1.74. The van der Waals surface area contributed by atoms with Crippen molar-refractivity contribution in [2.45, 2.75) is 18.4 Å². The van der Waals surface area contributed by atoms with Gasteiger partial charge in [-0.05, 0) is 22.8 Å². The Hall–Kier alpha value is -3.47. The molecule has 3 rings (SSSR count). The van der Waals surface area contributed by atoms with Gasteiger partial charge in [-0.2, -0.15) is 0 Å². The molecule has 0 saturated carbocycles. The number of hydrogen-bond acceptors (Lipinski definition) is 2. The quantitative estimate of drug-likeness (QED) is 0.659. The monoisotopic (exact) mass is 377 g/mol. The minimum absolute atomic E-state index is 0.135. The van der Waals surface area contributed by atoms with Crippen LogP contribution in [0.1, 0.15) is 22.6 Å². The molecule has 0 saturated heterocycles. The summed E-state index contributed by atoms with van der Waals surface area (Å²) in [5, 5.41) is 12.1. The number of carboxylic acids is 1. The maximum absolute atomic E-state index is 13.9. The van der Waals surface area contributed by atoms with Gasteiger partial charge in [-0.25, -0.2) is 9.18 Å². The highest BCUT2D eigenvalue weighted by Gasteiger charge is 2.28. The van der Waals surface area contributed by atoms with Crippen LogP contribution in [0.5, 0.6) is 0 Å². The van der Waals surface area contributed by atoms with E-state index < -0.39 is 29.7 Å². The normalized spacial score (nSPS) is 11.8. The Bertz CT molecular complexity index is 905. The molecule has 0 heterocycles. The topological polar surface area (TPSA) is 66.4 Å². The van der Waals surface area contributed by atoms with Crippen LogP contribution in [0.2, 0.25) is 0 Å². The largest absolute Gasteiger partial charge is 0.480 e. The number of aliphatic carboxylic acids is 1. The van der Waals surface area contributed by atoms with Crippen molar-refractivity contribution in [3.8, 4) is 0 Å². The van der Waals surface area contributed by atoms with E-state index in [0.29, 0.717) is 0 Å². The third kappa shape index (κ3) is 4.62. The lowest BCUT2D eigenvalue weighted by atomic mass is 9.90. The van der Waals surface area contributed by atoms with Crippen LogP contribution >= 0.6 is 0 Å². The number of carbonyl (C=O) groups excluding carboxylic acids is 1. The lowest BCUT2D eigenvalue weighted by Crippen LogP contribution is -2.44. The number of amides is 1. The molecule has 0 fully saturated rings. The van der Waals surface area contributed by atoms with Crippen LogP contribution < -0.4 is 5.32 Å². The van der Waals surface area contributed by atoms with Crippen LogP contribution in [-0.2, 0) is 16.0 Å². The summed E-state index contributed by atoms with van der Waals surface area (Å²) in [5.74, 6) is -2.81. The van der Waals surface area contributed by atoms with Crippen LogP contribution in [0.25, 0.3) is 0 Å². The average molecular weight is 377 g/mol. The fourth-order valence-electron chi connectivity index (χ4n) is 3.13. The molecule has 2 N–H and O–H groups in total. The van der Waals surface area contributed by atoms with Gasteiger partial charge in [0.15, 0.2) is 0 Å². The van der Waals surface area contributed by atoms with Crippen LogP contribution in [0.3, 0.4) is 0 Å². The molecule has 142 valence electrons. The SMILES string of the molecule is O=C(N[C@@H](Cc1ccccc1F)C(=O)O)C(c1ccccc1)c1ccccc1. The Balaban J connectivity index is 1.87. The summed E-state index contributed by atoms with van der Waals surface area (Å²) < 4.78 is 13.9. The highest BCUT2D eigenvalue weighted by molar-refractivity contribution is 5.90. The number of nitrogens with one attached hydrogen (secondary N) is 1. The van der Waals surface area contributed by atoms with E-state index in [1.165, 1.54) is 18.2 Å². The van der Waals surface area contributed by atoms with E-state index >= 15 is 0 Å². The molecule has 3 aromatic carbocycles. The number of hydrogen-bond donors (Lipinski definition) is 2. The first-order valence-corrected chi connectivity index (χ1v) is 8.92. The molecule has 28 heavy (non-hydrogen) atoms. The molecule has 0 aliphatic rings. The van der Waals surface area contributed by atoms with Crippen LogP contribution in [0.4, 0.5) is 4.39 Å². The van der Waals surface area contributed by atoms with E-state index in [2.05, 4.69) is 5.32 Å². The molecule has 0 aliphatic heterocycles. The molecule has 5 heteroatoms. The third-order valence-electron chi connectivity index (χ3n) is 4.52. The van der Waals surface area contributed by atoms with Gasteiger partial charge in [-0.3, -0.25) is 4.79 Å². The van der Waals surface area contributed by atoms with Gasteiger partial charge in [0.25, 0.3) is 0 Å². The molecule has 0 aliphatic carbocycles. The zero-order valence-electron chi connectivity index (χ0n) is 15.1. The summed E-state index contributed by atoms with van der Waals surface area (Å²) >= 11 is 0. The number of halogens is 1. The first kappa shape index (κ1) is 19.3. The Morgan fingerprint density at radius 2 is 1.32 bits per heavy atom. The van der Waals surface area contributed by atoms with Crippen molar-refractivity contribution >= 4 is 11.9 Å². The van der Waals surface area contributed by atoms with Crippen LogP contribution in [0.15, 0.2) is 84.9 Å². The predicted molar refractivity (Wildman–Crippen MR) is 104 cm³/mol. The number of rotatable bonds is 7. The van der Waals surface area contributed by atoms with Gasteiger partial charge in [0.2, 0.25) is 5.91 Å². The molecule has 1 amide bonds. The Morgan fingerprint density at radius 3 is 1.82 bits per heavy atom. The van der Waals surface area contributed by atoms with Crippen molar-refractivity contribution in [3.05, 3.63) is 107 Å². The lowest BCUT2D eigenvalue weighted by Gasteiger charge is -2.21. The number of carboxylic acid groups (broad SMARTS) is 1. The maximum atomic E-state index is 13.9. The van der Waals surface area contributed by atoms with Crippen molar-refractivity contribution < 1.29 is 19.1 Å². The van der Waals surface area contributed by atoms with Crippen molar-refractivity contribution in [2.24, 2.45) is 0 Å². The summed E-state index contributed by atoms with van der Waals surface area (Å²) in [6, 6.07) is 23.0. The second kappa shape index (κ2) is 8.95. The first-order chi connectivity index (χ1) is 13.6. The standard InChI is InChI=1S/C23H20FNO3/c24-19-14-8-7-13-18(19)15-20(23(27)28)25-22(26)21(16-9-3-1-4-10-16)17-11-5-2-6-12-17/h1-14,20-21H,15H2,(H,25,26)(H,27,28)/t20-/m0/s1. The molecule has 3 aromatic rings. The molecule has 0 aromatic heterocycles. The fraction of sp³-hybridized carbons (Fsp3) is 0.130. The zero-order chi connectivity index (χ0) is 19.9. The molecule has 4 nitrogen and oxygen atoms in total. The van der Waals surface area contributed by atoms with Crippen molar-refractivity contribution in [1.29, 1.82) is 0 Å². The van der Waals surface area contributed by atoms with Crippen LogP contribution in [0, 0.1) is 5.82 Å². The summed E-state index contributed by atoms with van der Waals surface area (Å²) in [4.78, 5) is 24.8. The van der Waals surface area contributed by atoms with E-state index in [1.54, 1.807) is 6.07 Å². The molecule has 1 atom stereocenters. The average Bonchev–Trinajstić information content (AvgIpc) is 2.71. The van der Waals surface area contributed by atoms with Crippen LogP contribution in [-0.4, -0.2) is 23.0 Å².